The SMILES string of the molecule is CN(CC(=O)CC#N)c1ccc(Br)cc1. The minimum absolute atomic E-state index is 0.0269. The van der Waals surface area contributed by atoms with Crippen LogP contribution in [-0.4, -0.2) is 19.4 Å². The first-order valence-corrected chi connectivity index (χ1v) is 5.28. The minimum atomic E-state index is -0.0667. The van der Waals surface area contributed by atoms with Gasteiger partial charge in [0.25, 0.3) is 0 Å². The Morgan fingerprint density at radius 1 is 1.47 bits per heavy atom. The first-order chi connectivity index (χ1) is 7.13. The van der Waals surface area contributed by atoms with Gasteiger partial charge in [-0.1, -0.05) is 15.9 Å². The summed E-state index contributed by atoms with van der Waals surface area (Å²) in [4.78, 5) is 13.0. The molecule has 0 spiro atoms. The van der Waals surface area contributed by atoms with Crippen LogP contribution in [0.15, 0.2) is 28.7 Å². The van der Waals surface area contributed by atoms with Crippen molar-refractivity contribution in [2.24, 2.45) is 0 Å². The molecular formula is C11H11BrN2O. The van der Waals surface area contributed by atoms with E-state index in [9.17, 15) is 4.79 Å². The molecule has 0 aliphatic rings. The second-order valence-corrected chi connectivity index (χ2v) is 4.12. The molecule has 4 heteroatoms. The van der Waals surface area contributed by atoms with Crippen molar-refractivity contribution in [1.82, 2.24) is 0 Å². The molecule has 0 atom stereocenters. The highest BCUT2D eigenvalue weighted by molar-refractivity contribution is 9.10. The number of halogens is 1. The van der Waals surface area contributed by atoms with Gasteiger partial charge in [-0.15, -0.1) is 0 Å². The molecule has 1 aromatic rings. The normalized spacial score (nSPS) is 9.40. The third-order valence-corrected chi connectivity index (χ3v) is 2.49. The van der Waals surface area contributed by atoms with Crippen LogP contribution in [-0.2, 0) is 4.79 Å². The van der Waals surface area contributed by atoms with Gasteiger partial charge < -0.3 is 4.90 Å². The predicted octanol–water partition coefficient (Wildman–Crippen LogP) is 2.37. The Morgan fingerprint density at radius 3 is 2.60 bits per heavy atom. The van der Waals surface area contributed by atoms with E-state index in [0.717, 1.165) is 10.2 Å². The Kier molecular flexibility index (Phi) is 4.32. The zero-order chi connectivity index (χ0) is 11.3. The predicted molar refractivity (Wildman–Crippen MR) is 62.6 cm³/mol. The molecule has 0 saturated heterocycles. The average molecular weight is 267 g/mol. The van der Waals surface area contributed by atoms with E-state index >= 15 is 0 Å². The molecule has 0 aliphatic carbocycles. The molecule has 0 unspecified atom stereocenters. The molecule has 0 bridgehead atoms. The van der Waals surface area contributed by atoms with Gasteiger partial charge in [0.05, 0.1) is 19.0 Å². The number of anilines is 1. The van der Waals surface area contributed by atoms with Crippen molar-refractivity contribution < 1.29 is 4.79 Å². The number of carbonyl (C=O) groups is 1. The van der Waals surface area contributed by atoms with Crippen LogP contribution in [0, 0.1) is 11.3 Å². The van der Waals surface area contributed by atoms with E-state index < -0.39 is 0 Å². The second kappa shape index (κ2) is 5.52. The van der Waals surface area contributed by atoms with Crippen LogP contribution < -0.4 is 4.90 Å². The summed E-state index contributed by atoms with van der Waals surface area (Å²) >= 11 is 3.34. The van der Waals surface area contributed by atoms with Gasteiger partial charge in [-0.05, 0) is 24.3 Å². The van der Waals surface area contributed by atoms with E-state index in [4.69, 9.17) is 5.26 Å². The number of hydrogen-bond donors (Lipinski definition) is 0. The van der Waals surface area contributed by atoms with E-state index in [1.165, 1.54) is 0 Å². The number of Topliss-reactive ketones (excluding diaryl/α,β-unsaturated/α-hetero) is 1. The van der Waals surface area contributed by atoms with Gasteiger partial charge in [-0.3, -0.25) is 4.79 Å². The number of benzene rings is 1. The zero-order valence-electron chi connectivity index (χ0n) is 8.40. The fourth-order valence-electron chi connectivity index (χ4n) is 1.20. The maximum atomic E-state index is 11.2. The van der Waals surface area contributed by atoms with Crippen LogP contribution in [0.25, 0.3) is 0 Å². The summed E-state index contributed by atoms with van der Waals surface area (Å²) in [5, 5.41) is 8.36. The quantitative estimate of drug-likeness (QED) is 0.841. The third kappa shape index (κ3) is 3.72. The Labute approximate surface area is 97.4 Å². The van der Waals surface area contributed by atoms with Crippen LogP contribution in [0.3, 0.4) is 0 Å². The molecule has 1 aromatic carbocycles. The van der Waals surface area contributed by atoms with E-state index in [-0.39, 0.29) is 18.7 Å². The molecule has 78 valence electrons. The van der Waals surface area contributed by atoms with Crippen LogP contribution in [0.4, 0.5) is 5.69 Å². The summed E-state index contributed by atoms with van der Waals surface area (Å²) in [6.45, 7) is 0.273. The summed E-state index contributed by atoms with van der Waals surface area (Å²) in [6, 6.07) is 9.52. The van der Waals surface area contributed by atoms with Gasteiger partial charge in [0.2, 0.25) is 0 Å². The fraction of sp³-hybridized carbons (Fsp3) is 0.273. The fourth-order valence-corrected chi connectivity index (χ4v) is 1.46. The van der Waals surface area contributed by atoms with Gasteiger partial charge in [-0.25, -0.2) is 0 Å². The molecule has 0 heterocycles. The van der Waals surface area contributed by atoms with Crippen molar-refractivity contribution >= 4 is 27.4 Å². The van der Waals surface area contributed by atoms with E-state index in [0.29, 0.717) is 0 Å². The van der Waals surface area contributed by atoms with Gasteiger partial charge in [0.1, 0.15) is 0 Å². The topological polar surface area (TPSA) is 44.1 Å². The molecule has 0 aromatic heterocycles. The lowest BCUT2D eigenvalue weighted by molar-refractivity contribution is -0.116. The number of hydrogen-bond acceptors (Lipinski definition) is 3. The summed E-state index contributed by atoms with van der Waals surface area (Å²) in [5.74, 6) is -0.0667. The highest BCUT2D eigenvalue weighted by Crippen LogP contribution is 2.16. The Bertz CT molecular complexity index is 381. The molecule has 0 aliphatic heterocycles. The first-order valence-electron chi connectivity index (χ1n) is 4.49. The van der Waals surface area contributed by atoms with Crippen molar-refractivity contribution in [3.05, 3.63) is 28.7 Å². The molecule has 0 saturated carbocycles. The maximum Gasteiger partial charge on any atom is 0.166 e. The number of nitriles is 1. The van der Waals surface area contributed by atoms with E-state index in [1.807, 2.05) is 42.3 Å². The zero-order valence-corrected chi connectivity index (χ0v) is 9.99. The summed E-state index contributed by atoms with van der Waals surface area (Å²) in [7, 11) is 1.83. The summed E-state index contributed by atoms with van der Waals surface area (Å²) < 4.78 is 1.00. The smallest absolute Gasteiger partial charge is 0.166 e. The lowest BCUT2D eigenvalue weighted by Gasteiger charge is -2.17. The van der Waals surface area contributed by atoms with Gasteiger partial charge in [0.15, 0.2) is 5.78 Å². The number of carbonyl (C=O) groups excluding carboxylic acids is 1. The van der Waals surface area contributed by atoms with Crippen LogP contribution in [0.1, 0.15) is 6.42 Å². The lowest BCUT2D eigenvalue weighted by atomic mass is 10.2. The Balaban J connectivity index is 2.61. The summed E-state index contributed by atoms with van der Waals surface area (Å²) in [6.07, 6.45) is -0.0269. The largest absolute Gasteiger partial charge is 0.367 e. The highest BCUT2D eigenvalue weighted by atomic mass is 79.9. The highest BCUT2D eigenvalue weighted by Gasteiger charge is 2.06. The number of likely N-dealkylation sites (N-methyl/N-ethyl adjacent to an activating group) is 1. The van der Waals surface area contributed by atoms with Crippen LogP contribution >= 0.6 is 15.9 Å². The number of nitrogens with zero attached hydrogens (tertiary/aromatic N) is 2. The van der Waals surface area contributed by atoms with Crippen molar-refractivity contribution in [2.45, 2.75) is 6.42 Å². The van der Waals surface area contributed by atoms with Crippen molar-refractivity contribution in [3.8, 4) is 6.07 Å². The van der Waals surface area contributed by atoms with Crippen molar-refractivity contribution in [2.75, 3.05) is 18.5 Å². The van der Waals surface area contributed by atoms with Crippen molar-refractivity contribution in [3.63, 3.8) is 0 Å². The molecular weight excluding hydrogens is 256 g/mol. The first kappa shape index (κ1) is 11.7. The van der Waals surface area contributed by atoms with Gasteiger partial charge >= 0.3 is 0 Å². The molecule has 15 heavy (non-hydrogen) atoms. The molecule has 3 nitrogen and oxygen atoms in total. The van der Waals surface area contributed by atoms with E-state index in [1.54, 1.807) is 0 Å². The van der Waals surface area contributed by atoms with Crippen LogP contribution in [0.5, 0.6) is 0 Å². The summed E-state index contributed by atoms with van der Waals surface area (Å²) in [5.41, 5.74) is 0.962. The third-order valence-electron chi connectivity index (χ3n) is 1.96. The second-order valence-electron chi connectivity index (χ2n) is 3.21. The van der Waals surface area contributed by atoms with Crippen LogP contribution in [0.2, 0.25) is 0 Å². The number of rotatable bonds is 4. The minimum Gasteiger partial charge on any atom is -0.367 e. The van der Waals surface area contributed by atoms with Crippen molar-refractivity contribution in [1.29, 1.82) is 5.26 Å². The maximum absolute atomic E-state index is 11.2. The standard InChI is InChI=1S/C11H11BrN2O/c1-14(8-11(15)6-7-13)10-4-2-9(12)3-5-10/h2-5H,6,8H2,1H3. The number of ketones is 1. The van der Waals surface area contributed by atoms with E-state index in [2.05, 4.69) is 15.9 Å². The molecule has 0 amide bonds. The monoisotopic (exact) mass is 266 g/mol. The molecule has 1 rings (SSSR count). The van der Waals surface area contributed by atoms with Gasteiger partial charge in [0, 0.05) is 17.2 Å². The lowest BCUT2D eigenvalue weighted by Crippen LogP contribution is -2.25. The average Bonchev–Trinajstić information content (AvgIpc) is 2.18. The molecule has 0 radical (unpaired) electrons. The van der Waals surface area contributed by atoms with Gasteiger partial charge in [-0.2, -0.15) is 5.26 Å². The molecule has 0 N–H and O–H groups in total. The Hall–Kier alpha value is -1.34. The Morgan fingerprint density at radius 2 is 2.07 bits per heavy atom. The molecule has 0 fully saturated rings.